The molecule has 3 heterocycles. The van der Waals surface area contributed by atoms with E-state index in [0.29, 0.717) is 27.3 Å². The van der Waals surface area contributed by atoms with Crippen LogP contribution in [0.15, 0.2) is 43.5 Å². The Kier molecular flexibility index (Phi) is 6.99. The molecule has 0 aliphatic carbocycles. The summed E-state index contributed by atoms with van der Waals surface area (Å²) < 4.78 is 15.6. The fraction of sp³-hybridized carbons (Fsp3) is 0.316. The van der Waals surface area contributed by atoms with Gasteiger partial charge in [-0.25, -0.2) is 9.37 Å². The number of halogens is 1. The van der Waals surface area contributed by atoms with Crippen molar-refractivity contribution in [2.45, 2.75) is 39.9 Å². The Hall–Kier alpha value is -1.89. The maximum Gasteiger partial charge on any atom is 0.272 e. The van der Waals surface area contributed by atoms with E-state index in [0.717, 1.165) is 27.5 Å². The number of fused-ring (bicyclic) bond motifs is 1. The zero-order valence-corrected chi connectivity index (χ0v) is 19.9. The lowest BCUT2D eigenvalue weighted by Gasteiger charge is -2.13. The van der Waals surface area contributed by atoms with Gasteiger partial charge >= 0.3 is 0 Å². The highest BCUT2D eigenvalue weighted by molar-refractivity contribution is 8.01. The summed E-state index contributed by atoms with van der Waals surface area (Å²) in [7, 11) is 0. The van der Waals surface area contributed by atoms with Gasteiger partial charge < -0.3 is 0 Å². The van der Waals surface area contributed by atoms with E-state index in [1.54, 1.807) is 11.8 Å². The predicted molar refractivity (Wildman–Crippen MR) is 124 cm³/mol. The third-order valence-corrected chi connectivity index (χ3v) is 8.23. The van der Waals surface area contributed by atoms with Crippen LogP contribution < -0.4 is 10.9 Å². The van der Waals surface area contributed by atoms with Gasteiger partial charge in [0.25, 0.3) is 5.56 Å². The van der Waals surface area contributed by atoms with Crippen molar-refractivity contribution in [3.05, 3.63) is 46.1 Å². The molecule has 0 saturated carbocycles. The first-order valence-electron chi connectivity index (χ1n) is 9.42. The van der Waals surface area contributed by atoms with Crippen molar-refractivity contribution in [1.29, 1.82) is 0 Å². The molecule has 2 aromatic heterocycles. The number of carbonyl (C=O) groups is 1. The SMILES string of the molecule is CCSc1nnc(NC(=O)CSc2nc3c(c(=O)n2-c2ccc(F)cc2)S[C@H](C)C3)s1. The van der Waals surface area contributed by atoms with Crippen molar-refractivity contribution < 1.29 is 9.18 Å². The molecule has 7 nitrogen and oxygen atoms in total. The normalized spacial score (nSPS) is 15.1. The highest BCUT2D eigenvalue weighted by atomic mass is 32.2. The number of aromatic nitrogens is 4. The maximum atomic E-state index is 13.4. The Morgan fingerprint density at radius 2 is 2.06 bits per heavy atom. The molecule has 1 atom stereocenters. The van der Waals surface area contributed by atoms with Gasteiger partial charge in [0.1, 0.15) is 5.82 Å². The van der Waals surface area contributed by atoms with Gasteiger partial charge in [-0.15, -0.1) is 22.0 Å². The number of thioether (sulfide) groups is 3. The predicted octanol–water partition coefficient (Wildman–Crippen LogP) is 4.10. The molecule has 1 aliphatic rings. The van der Waals surface area contributed by atoms with Crippen LogP contribution in [0.4, 0.5) is 9.52 Å². The van der Waals surface area contributed by atoms with Gasteiger partial charge in [0.2, 0.25) is 11.0 Å². The summed E-state index contributed by atoms with van der Waals surface area (Å²) in [4.78, 5) is 30.9. The topological polar surface area (TPSA) is 89.8 Å². The number of hydrogen-bond donors (Lipinski definition) is 1. The quantitative estimate of drug-likeness (QED) is 0.298. The number of nitrogens with zero attached hydrogens (tertiary/aromatic N) is 4. The van der Waals surface area contributed by atoms with Crippen LogP contribution in [0.5, 0.6) is 0 Å². The molecule has 0 fully saturated rings. The van der Waals surface area contributed by atoms with Crippen LogP contribution in [0, 0.1) is 5.82 Å². The zero-order valence-electron chi connectivity index (χ0n) is 16.6. The summed E-state index contributed by atoms with van der Waals surface area (Å²) in [6.45, 7) is 4.06. The first-order chi connectivity index (χ1) is 14.9. The molecule has 0 bridgehead atoms. The zero-order chi connectivity index (χ0) is 22.0. The minimum Gasteiger partial charge on any atom is -0.300 e. The van der Waals surface area contributed by atoms with Crippen molar-refractivity contribution in [3.63, 3.8) is 0 Å². The van der Waals surface area contributed by atoms with Crippen LogP contribution in [0.3, 0.4) is 0 Å². The van der Waals surface area contributed by atoms with Crippen molar-refractivity contribution in [1.82, 2.24) is 19.7 Å². The number of benzene rings is 1. The smallest absolute Gasteiger partial charge is 0.272 e. The highest BCUT2D eigenvalue weighted by Crippen LogP contribution is 2.35. The lowest BCUT2D eigenvalue weighted by atomic mass is 10.2. The average Bonchev–Trinajstić information content (AvgIpc) is 3.33. The molecule has 12 heteroatoms. The lowest BCUT2D eigenvalue weighted by molar-refractivity contribution is -0.113. The van der Waals surface area contributed by atoms with Gasteiger partial charge in [-0.2, -0.15) is 0 Å². The highest BCUT2D eigenvalue weighted by Gasteiger charge is 2.27. The molecule has 1 amide bonds. The summed E-state index contributed by atoms with van der Waals surface area (Å²) in [5.74, 6) is 0.267. The minimum atomic E-state index is -0.389. The van der Waals surface area contributed by atoms with E-state index in [1.807, 2.05) is 13.8 Å². The summed E-state index contributed by atoms with van der Waals surface area (Å²) in [6, 6.07) is 5.67. The van der Waals surface area contributed by atoms with Gasteiger partial charge in [0, 0.05) is 11.7 Å². The second kappa shape index (κ2) is 9.72. The van der Waals surface area contributed by atoms with Crippen LogP contribution in [-0.2, 0) is 11.2 Å². The van der Waals surface area contributed by atoms with Crippen molar-refractivity contribution in [3.8, 4) is 5.69 Å². The number of carbonyl (C=O) groups excluding carboxylic acids is 1. The second-order valence-corrected chi connectivity index (χ2v) is 11.4. The van der Waals surface area contributed by atoms with E-state index >= 15 is 0 Å². The van der Waals surface area contributed by atoms with Crippen LogP contribution in [0.1, 0.15) is 19.5 Å². The van der Waals surface area contributed by atoms with Crippen molar-refractivity contribution in [2.75, 3.05) is 16.8 Å². The van der Waals surface area contributed by atoms with Gasteiger partial charge in [0.15, 0.2) is 9.50 Å². The lowest BCUT2D eigenvalue weighted by Crippen LogP contribution is -2.24. The fourth-order valence-corrected chi connectivity index (χ4v) is 6.53. The molecule has 4 rings (SSSR count). The Bertz CT molecular complexity index is 1170. The molecule has 0 spiro atoms. The Labute approximate surface area is 194 Å². The van der Waals surface area contributed by atoms with Gasteiger partial charge in [-0.3, -0.25) is 19.5 Å². The second-order valence-electron chi connectivity index (χ2n) is 6.56. The number of anilines is 1. The third-order valence-electron chi connectivity index (χ3n) is 4.22. The minimum absolute atomic E-state index is 0.0466. The fourth-order valence-electron chi connectivity index (χ4n) is 2.94. The van der Waals surface area contributed by atoms with E-state index < -0.39 is 0 Å². The molecule has 0 unspecified atom stereocenters. The molecular weight excluding hydrogens is 478 g/mol. The first-order valence-corrected chi connectivity index (χ1v) is 13.1. The van der Waals surface area contributed by atoms with E-state index in [2.05, 4.69) is 20.5 Å². The van der Waals surface area contributed by atoms with Gasteiger partial charge in [-0.1, -0.05) is 48.7 Å². The number of rotatable bonds is 7. The molecule has 1 N–H and O–H groups in total. The largest absolute Gasteiger partial charge is 0.300 e. The Balaban J connectivity index is 1.57. The number of nitrogens with one attached hydrogen (secondary N) is 1. The molecule has 1 aromatic carbocycles. The molecule has 31 heavy (non-hydrogen) atoms. The standard InChI is InChI=1S/C19H18FN5O2S4/c1-3-28-19-24-23-17(31-19)22-14(26)9-29-18-21-13-8-10(2)30-15(13)16(27)25(18)12-6-4-11(20)5-7-12/h4-7,10H,3,8-9H2,1-2H3,(H,22,23,26)/t10-/m1/s1. The van der Waals surface area contributed by atoms with E-state index in [4.69, 9.17) is 0 Å². The molecule has 162 valence electrons. The van der Waals surface area contributed by atoms with Gasteiger partial charge in [-0.05, 0) is 30.0 Å². The van der Waals surface area contributed by atoms with Crippen molar-refractivity contribution >= 4 is 57.7 Å². The molecule has 1 aliphatic heterocycles. The Morgan fingerprint density at radius 3 is 2.81 bits per heavy atom. The van der Waals surface area contributed by atoms with Crippen molar-refractivity contribution in [2.24, 2.45) is 0 Å². The number of amides is 1. The molecular formula is C19H18FN5O2S4. The van der Waals surface area contributed by atoms with Crippen LogP contribution >= 0.6 is 46.6 Å². The van der Waals surface area contributed by atoms with Crippen LogP contribution in [-0.4, -0.2) is 42.4 Å². The monoisotopic (exact) mass is 495 g/mol. The number of hydrogen-bond acceptors (Lipinski definition) is 9. The first kappa shape index (κ1) is 22.3. The third kappa shape index (κ3) is 5.13. The van der Waals surface area contributed by atoms with E-state index in [1.165, 1.54) is 51.9 Å². The van der Waals surface area contributed by atoms with Crippen LogP contribution in [0.2, 0.25) is 0 Å². The van der Waals surface area contributed by atoms with Gasteiger partial charge in [0.05, 0.1) is 22.0 Å². The molecule has 0 saturated heterocycles. The molecule has 0 radical (unpaired) electrons. The molecule has 3 aromatic rings. The van der Waals surface area contributed by atoms with Crippen LogP contribution in [0.25, 0.3) is 5.69 Å². The van der Waals surface area contributed by atoms with E-state index in [-0.39, 0.29) is 28.3 Å². The summed E-state index contributed by atoms with van der Waals surface area (Å²) in [6.07, 6.45) is 0.696. The summed E-state index contributed by atoms with van der Waals surface area (Å²) >= 11 is 5.53. The Morgan fingerprint density at radius 1 is 1.29 bits per heavy atom. The summed E-state index contributed by atoms with van der Waals surface area (Å²) in [5, 5.41) is 11.8. The average molecular weight is 496 g/mol. The maximum absolute atomic E-state index is 13.4. The summed E-state index contributed by atoms with van der Waals surface area (Å²) in [5.41, 5.74) is 1.06. The van der Waals surface area contributed by atoms with E-state index in [9.17, 15) is 14.0 Å².